The quantitative estimate of drug-likeness (QED) is 0.223. The van der Waals surface area contributed by atoms with Crippen molar-refractivity contribution in [2.24, 2.45) is 5.92 Å². The first-order valence-corrected chi connectivity index (χ1v) is 11.5. The maximum atomic E-state index is 12.4. The lowest BCUT2D eigenvalue weighted by molar-refractivity contribution is -0.138. The number of carbonyl (C=O) groups excluding carboxylic acids is 1. The maximum absolute atomic E-state index is 12.4. The van der Waals surface area contributed by atoms with E-state index in [4.69, 9.17) is 9.47 Å². The molecule has 0 aliphatic rings. The second kappa shape index (κ2) is 11.4. The van der Waals surface area contributed by atoms with E-state index in [2.05, 4.69) is 6.58 Å². The third-order valence-electron chi connectivity index (χ3n) is 4.55. The van der Waals surface area contributed by atoms with Gasteiger partial charge in [-0.3, -0.25) is 0 Å². The molecule has 2 rings (SSSR count). The van der Waals surface area contributed by atoms with Crippen LogP contribution in [0.1, 0.15) is 31.4 Å². The standard InChI is InChI=1S/C24H28O5S/c1-4-19(3)18-30(26,27)23-14-10-21(11-15-23)7-6-20-8-12-22(13-9-20)28-16-17-29-24(25)5-2/h5-15,19H,2,4,16-18H2,1,3H3/b7-6+. The van der Waals surface area contributed by atoms with Crippen LogP contribution >= 0.6 is 0 Å². The number of carbonyl (C=O) groups is 1. The summed E-state index contributed by atoms with van der Waals surface area (Å²) < 4.78 is 35.2. The van der Waals surface area contributed by atoms with Crippen molar-refractivity contribution in [3.8, 4) is 5.75 Å². The van der Waals surface area contributed by atoms with Gasteiger partial charge in [0.1, 0.15) is 19.0 Å². The van der Waals surface area contributed by atoms with E-state index in [1.807, 2.05) is 62.4 Å². The van der Waals surface area contributed by atoms with E-state index in [1.165, 1.54) is 0 Å². The monoisotopic (exact) mass is 428 g/mol. The first-order chi connectivity index (χ1) is 14.3. The van der Waals surface area contributed by atoms with Gasteiger partial charge in [-0.15, -0.1) is 0 Å². The van der Waals surface area contributed by atoms with E-state index in [1.54, 1.807) is 12.1 Å². The smallest absolute Gasteiger partial charge is 0.330 e. The number of sulfone groups is 1. The highest BCUT2D eigenvalue weighted by Crippen LogP contribution is 2.18. The van der Waals surface area contributed by atoms with Crippen LogP contribution in [0, 0.1) is 5.92 Å². The Kier molecular flexibility index (Phi) is 8.87. The van der Waals surface area contributed by atoms with Gasteiger partial charge in [-0.05, 0) is 41.3 Å². The molecule has 6 heteroatoms. The molecule has 0 bridgehead atoms. The summed E-state index contributed by atoms with van der Waals surface area (Å²) in [5, 5.41) is 0. The lowest BCUT2D eigenvalue weighted by Crippen LogP contribution is -2.13. The Bertz CT molecular complexity index is 958. The molecule has 160 valence electrons. The van der Waals surface area contributed by atoms with Crippen LogP contribution in [0.4, 0.5) is 0 Å². The van der Waals surface area contributed by atoms with E-state index in [9.17, 15) is 13.2 Å². The average molecular weight is 429 g/mol. The first kappa shape index (κ1) is 23.4. The summed E-state index contributed by atoms with van der Waals surface area (Å²) >= 11 is 0. The zero-order chi connectivity index (χ0) is 22.0. The Labute approximate surface area is 179 Å². The topological polar surface area (TPSA) is 69.7 Å². The molecule has 2 aromatic carbocycles. The maximum Gasteiger partial charge on any atom is 0.330 e. The largest absolute Gasteiger partial charge is 0.490 e. The minimum atomic E-state index is -3.25. The third-order valence-corrected chi connectivity index (χ3v) is 6.55. The summed E-state index contributed by atoms with van der Waals surface area (Å²) in [5.41, 5.74) is 1.90. The zero-order valence-corrected chi connectivity index (χ0v) is 18.2. The second-order valence-electron chi connectivity index (χ2n) is 6.99. The van der Waals surface area contributed by atoms with E-state index < -0.39 is 15.8 Å². The van der Waals surface area contributed by atoms with Crippen LogP contribution in [0.5, 0.6) is 5.75 Å². The van der Waals surface area contributed by atoms with Gasteiger partial charge in [-0.2, -0.15) is 0 Å². The van der Waals surface area contributed by atoms with Crippen molar-refractivity contribution in [1.29, 1.82) is 0 Å². The molecule has 0 aromatic heterocycles. The Balaban J connectivity index is 1.91. The molecule has 2 aromatic rings. The van der Waals surface area contributed by atoms with Gasteiger partial charge in [0.05, 0.1) is 10.6 Å². The van der Waals surface area contributed by atoms with Gasteiger partial charge < -0.3 is 9.47 Å². The van der Waals surface area contributed by atoms with Crippen molar-refractivity contribution in [1.82, 2.24) is 0 Å². The van der Waals surface area contributed by atoms with Gasteiger partial charge in [-0.25, -0.2) is 13.2 Å². The zero-order valence-electron chi connectivity index (χ0n) is 17.4. The van der Waals surface area contributed by atoms with Gasteiger partial charge in [0.15, 0.2) is 9.84 Å². The van der Waals surface area contributed by atoms with Crippen molar-refractivity contribution in [3.63, 3.8) is 0 Å². The molecule has 0 spiro atoms. The number of rotatable bonds is 11. The predicted molar refractivity (Wildman–Crippen MR) is 120 cm³/mol. The molecule has 0 N–H and O–H groups in total. The molecule has 0 heterocycles. The van der Waals surface area contributed by atoms with Gasteiger partial charge in [-0.1, -0.05) is 63.3 Å². The molecule has 0 saturated carbocycles. The Hall–Kier alpha value is -2.86. The fraction of sp³-hybridized carbons (Fsp3) is 0.292. The number of ether oxygens (including phenoxy) is 2. The highest BCUT2D eigenvalue weighted by atomic mass is 32.2. The van der Waals surface area contributed by atoms with E-state index in [-0.39, 0.29) is 24.9 Å². The molecule has 0 radical (unpaired) electrons. The lowest BCUT2D eigenvalue weighted by atomic mass is 10.1. The first-order valence-electron chi connectivity index (χ1n) is 9.87. The number of esters is 1. The van der Waals surface area contributed by atoms with Gasteiger partial charge in [0, 0.05) is 6.08 Å². The Morgan fingerprint density at radius 1 is 1.00 bits per heavy atom. The van der Waals surface area contributed by atoms with E-state index in [0.717, 1.165) is 23.6 Å². The summed E-state index contributed by atoms with van der Waals surface area (Å²) in [6.07, 6.45) is 5.82. The van der Waals surface area contributed by atoms with Crippen LogP contribution in [-0.2, 0) is 19.4 Å². The Morgan fingerprint density at radius 3 is 2.10 bits per heavy atom. The molecule has 1 atom stereocenters. The number of hydrogen-bond acceptors (Lipinski definition) is 5. The van der Waals surface area contributed by atoms with Crippen LogP contribution in [0.2, 0.25) is 0 Å². The molecular formula is C24H28O5S. The van der Waals surface area contributed by atoms with Gasteiger partial charge in [0.2, 0.25) is 0 Å². The van der Waals surface area contributed by atoms with E-state index in [0.29, 0.717) is 10.6 Å². The number of benzene rings is 2. The average Bonchev–Trinajstić information content (AvgIpc) is 2.75. The number of hydrogen-bond donors (Lipinski definition) is 0. The van der Waals surface area contributed by atoms with Crippen LogP contribution in [0.15, 0.2) is 66.1 Å². The molecule has 0 fully saturated rings. The fourth-order valence-electron chi connectivity index (χ4n) is 2.60. The fourth-order valence-corrected chi connectivity index (χ4v) is 4.33. The predicted octanol–water partition coefficient (Wildman–Crippen LogP) is 4.78. The van der Waals surface area contributed by atoms with Crippen molar-refractivity contribution >= 4 is 28.0 Å². The summed E-state index contributed by atoms with van der Waals surface area (Å²) in [4.78, 5) is 11.3. The van der Waals surface area contributed by atoms with Crippen LogP contribution in [0.25, 0.3) is 12.2 Å². The van der Waals surface area contributed by atoms with Crippen LogP contribution < -0.4 is 4.74 Å². The van der Waals surface area contributed by atoms with Crippen molar-refractivity contribution in [3.05, 3.63) is 72.3 Å². The highest BCUT2D eigenvalue weighted by molar-refractivity contribution is 7.91. The Morgan fingerprint density at radius 2 is 1.57 bits per heavy atom. The molecular weight excluding hydrogens is 400 g/mol. The minimum absolute atomic E-state index is 0.142. The summed E-state index contributed by atoms with van der Waals surface area (Å²) in [5.74, 6) is 0.519. The molecule has 30 heavy (non-hydrogen) atoms. The SMILES string of the molecule is C=CC(=O)OCCOc1ccc(/C=C/c2ccc(S(=O)(=O)CC(C)CC)cc2)cc1. The van der Waals surface area contributed by atoms with E-state index >= 15 is 0 Å². The second-order valence-corrected chi connectivity index (χ2v) is 9.02. The van der Waals surface area contributed by atoms with Gasteiger partial charge >= 0.3 is 5.97 Å². The third kappa shape index (κ3) is 7.52. The molecule has 0 amide bonds. The molecule has 0 aliphatic heterocycles. The van der Waals surface area contributed by atoms with Crippen molar-refractivity contribution < 1.29 is 22.7 Å². The van der Waals surface area contributed by atoms with Crippen LogP contribution in [0.3, 0.4) is 0 Å². The molecule has 1 unspecified atom stereocenters. The summed E-state index contributed by atoms with van der Waals surface area (Å²) in [7, 11) is -3.25. The lowest BCUT2D eigenvalue weighted by Gasteiger charge is -2.09. The molecule has 0 aliphatic carbocycles. The summed E-state index contributed by atoms with van der Waals surface area (Å²) in [6, 6.07) is 14.4. The normalized spacial score (nSPS) is 12.5. The minimum Gasteiger partial charge on any atom is -0.490 e. The van der Waals surface area contributed by atoms with Crippen molar-refractivity contribution in [2.75, 3.05) is 19.0 Å². The highest BCUT2D eigenvalue weighted by Gasteiger charge is 2.17. The van der Waals surface area contributed by atoms with Gasteiger partial charge in [0.25, 0.3) is 0 Å². The van der Waals surface area contributed by atoms with Crippen molar-refractivity contribution in [2.45, 2.75) is 25.2 Å². The molecule has 5 nitrogen and oxygen atoms in total. The summed E-state index contributed by atoms with van der Waals surface area (Å²) in [6.45, 7) is 7.69. The molecule has 0 saturated heterocycles. The van der Waals surface area contributed by atoms with Crippen LogP contribution in [-0.4, -0.2) is 33.4 Å².